The van der Waals surface area contributed by atoms with Crippen molar-refractivity contribution in [2.75, 3.05) is 6.61 Å². The highest BCUT2D eigenvalue weighted by Gasteiger charge is 2.15. The van der Waals surface area contributed by atoms with Crippen molar-refractivity contribution < 1.29 is 19.1 Å². The summed E-state index contributed by atoms with van der Waals surface area (Å²) in [6, 6.07) is 5.40. The molecule has 0 aromatic heterocycles. The van der Waals surface area contributed by atoms with Gasteiger partial charge < -0.3 is 10.1 Å². The van der Waals surface area contributed by atoms with Crippen LogP contribution in [-0.2, 0) is 33.6 Å². The Balaban J connectivity index is 1.73. The van der Waals surface area contributed by atoms with Crippen LogP contribution in [-0.4, -0.2) is 30.6 Å². The first kappa shape index (κ1) is 18.0. The van der Waals surface area contributed by atoms with Crippen LogP contribution in [0.25, 0.3) is 0 Å². The molecule has 0 saturated heterocycles. The number of urea groups is 1. The summed E-state index contributed by atoms with van der Waals surface area (Å²) in [4.78, 5) is 34.9. The third kappa shape index (κ3) is 5.37. The maximum Gasteiger partial charge on any atom is 0.321 e. The number of imide groups is 1. The van der Waals surface area contributed by atoms with Crippen molar-refractivity contribution in [3.8, 4) is 0 Å². The highest BCUT2D eigenvalue weighted by Crippen LogP contribution is 2.23. The van der Waals surface area contributed by atoms with Gasteiger partial charge in [0.05, 0.1) is 6.42 Å². The van der Waals surface area contributed by atoms with Crippen molar-refractivity contribution in [1.29, 1.82) is 0 Å². The average Bonchev–Trinajstić information content (AvgIpc) is 3.00. The molecule has 130 valence electrons. The molecule has 0 aliphatic heterocycles. The van der Waals surface area contributed by atoms with Gasteiger partial charge in [-0.1, -0.05) is 25.1 Å². The van der Waals surface area contributed by atoms with Gasteiger partial charge in [-0.2, -0.15) is 0 Å². The van der Waals surface area contributed by atoms with Crippen LogP contribution in [0.3, 0.4) is 0 Å². The topological polar surface area (TPSA) is 84.5 Å². The summed E-state index contributed by atoms with van der Waals surface area (Å²) in [7, 11) is 0. The summed E-state index contributed by atoms with van der Waals surface area (Å²) in [6.07, 6.45) is 4.18. The fourth-order valence-electron chi connectivity index (χ4n) is 2.62. The van der Waals surface area contributed by atoms with Crippen LogP contribution in [0.4, 0.5) is 4.79 Å². The van der Waals surface area contributed by atoms with E-state index < -0.39 is 24.5 Å². The molecule has 2 rings (SSSR count). The molecule has 1 aromatic carbocycles. The number of ether oxygens (including phenoxy) is 1. The number of nitrogens with one attached hydrogen (secondary N) is 2. The van der Waals surface area contributed by atoms with Crippen LogP contribution >= 0.6 is 0 Å². The lowest BCUT2D eigenvalue weighted by Gasteiger charge is -2.11. The Labute approximate surface area is 142 Å². The number of carbonyl (C=O) groups is 3. The molecule has 0 fully saturated rings. The van der Waals surface area contributed by atoms with Crippen molar-refractivity contribution in [1.82, 2.24) is 10.6 Å². The van der Waals surface area contributed by atoms with Crippen molar-refractivity contribution in [3.63, 3.8) is 0 Å². The second-order valence-electron chi connectivity index (χ2n) is 6.13. The maximum atomic E-state index is 11.8. The van der Waals surface area contributed by atoms with E-state index >= 15 is 0 Å². The van der Waals surface area contributed by atoms with Gasteiger partial charge in [-0.25, -0.2) is 4.79 Å². The minimum atomic E-state index is -0.641. The zero-order chi connectivity index (χ0) is 17.5. The number of carbonyl (C=O) groups excluding carboxylic acids is 3. The fourth-order valence-corrected chi connectivity index (χ4v) is 2.62. The number of esters is 1. The largest absolute Gasteiger partial charge is 0.455 e. The molecule has 0 spiro atoms. The molecular weight excluding hydrogens is 308 g/mol. The van der Waals surface area contributed by atoms with E-state index in [0.717, 1.165) is 31.2 Å². The second-order valence-corrected chi connectivity index (χ2v) is 6.13. The molecule has 0 heterocycles. The van der Waals surface area contributed by atoms with Crippen molar-refractivity contribution in [3.05, 3.63) is 34.9 Å². The van der Waals surface area contributed by atoms with Gasteiger partial charge in [0.2, 0.25) is 0 Å². The molecule has 2 N–H and O–H groups in total. The molecule has 1 aliphatic rings. The monoisotopic (exact) mass is 332 g/mol. The molecule has 3 amide bonds. The van der Waals surface area contributed by atoms with E-state index in [4.69, 9.17) is 4.74 Å². The first-order valence-corrected chi connectivity index (χ1v) is 8.34. The smallest absolute Gasteiger partial charge is 0.321 e. The molecule has 24 heavy (non-hydrogen) atoms. The van der Waals surface area contributed by atoms with Gasteiger partial charge >= 0.3 is 12.0 Å². The zero-order valence-electron chi connectivity index (χ0n) is 14.2. The Hall–Kier alpha value is -2.37. The number of fused-ring (bicyclic) bond motifs is 1. The summed E-state index contributed by atoms with van der Waals surface area (Å²) in [5.74, 6) is -1.12. The van der Waals surface area contributed by atoms with Gasteiger partial charge in [0.1, 0.15) is 0 Å². The van der Waals surface area contributed by atoms with Gasteiger partial charge in [-0.15, -0.1) is 0 Å². The average molecular weight is 332 g/mol. The number of hydrogen-bond acceptors (Lipinski definition) is 4. The zero-order valence-corrected chi connectivity index (χ0v) is 14.2. The first-order chi connectivity index (χ1) is 11.5. The van der Waals surface area contributed by atoms with E-state index in [1.54, 1.807) is 0 Å². The lowest BCUT2D eigenvalue weighted by atomic mass is 10.0. The van der Waals surface area contributed by atoms with E-state index in [1.165, 1.54) is 11.1 Å². The molecule has 0 saturated carbocycles. The number of benzene rings is 1. The summed E-state index contributed by atoms with van der Waals surface area (Å²) in [5.41, 5.74) is 3.52. The summed E-state index contributed by atoms with van der Waals surface area (Å²) in [5, 5.41) is 4.73. The Morgan fingerprint density at radius 3 is 2.71 bits per heavy atom. The Kier molecular flexibility index (Phi) is 6.35. The minimum absolute atomic E-state index is 0.0276. The van der Waals surface area contributed by atoms with Gasteiger partial charge in [-0.3, -0.25) is 14.9 Å². The van der Waals surface area contributed by atoms with Crippen LogP contribution in [0.5, 0.6) is 0 Å². The predicted molar refractivity (Wildman–Crippen MR) is 89.6 cm³/mol. The predicted octanol–water partition coefficient (Wildman–Crippen LogP) is 1.89. The Morgan fingerprint density at radius 1 is 1.21 bits per heavy atom. The molecule has 1 atom stereocenters. The molecule has 0 unspecified atom stereocenters. The van der Waals surface area contributed by atoms with Gasteiger partial charge in [0, 0.05) is 6.04 Å². The lowest BCUT2D eigenvalue weighted by molar-refractivity contribution is -0.147. The van der Waals surface area contributed by atoms with Crippen LogP contribution in [0.15, 0.2) is 18.2 Å². The molecule has 1 aromatic rings. The number of rotatable bonds is 6. The molecule has 1 aliphatic carbocycles. The highest BCUT2D eigenvalue weighted by molar-refractivity contribution is 5.95. The standard InChI is InChI=1S/C18H24N2O4/c1-3-12(2)19-18(23)20-16(21)11-24-17(22)10-13-7-8-14-5-4-6-15(14)9-13/h7-9,12H,3-6,10-11H2,1-2H3,(H2,19,20,21,23)/t12-/m1/s1. The highest BCUT2D eigenvalue weighted by atomic mass is 16.5. The third-order valence-electron chi connectivity index (χ3n) is 4.12. The van der Waals surface area contributed by atoms with E-state index in [9.17, 15) is 14.4 Å². The minimum Gasteiger partial charge on any atom is -0.455 e. The van der Waals surface area contributed by atoms with Crippen molar-refractivity contribution >= 4 is 17.9 Å². The summed E-state index contributed by atoms with van der Waals surface area (Å²) >= 11 is 0. The molecular formula is C18H24N2O4. The van der Waals surface area contributed by atoms with E-state index in [0.29, 0.717) is 0 Å². The molecule has 0 radical (unpaired) electrons. The Bertz CT molecular complexity index is 627. The third-order valence-corrected chi connectivity index (χ3v) is 4.12. The van der Waals surface area contributed by atoms with E-state index in [2.05, 4.69) is 16.7 Å². The second kappa shape index (κ2) is 8.47. The van der Waals surface area contributed by atoms with Crippen molar-refractivity contribution in [2.45, 2.75) is 52.0 Å². The quantitative estimate of drug-likeness (QED) is 0.779. The number of amides is 3. The fraction of sp³-hybridized carbons (Fsp3) is 0.500. The summed E-state index contributed by atoms with van der Waals surface area (Å²) < 4.78 is 4.93. The SMILES string of the molecule is CC[C@@H](C)NC(=O)NC(=O)COC(=O)Cc1ccc2c(c1)CCC2. The summed E-state index contributed by atoms with van der Waals surface area (Å²) in [6.45, 7) is 3.30. The van der Waals surface area contributed by atoms with Crippen LogP contribution in [0.1, 0.15) is 43.4 Å². The van der Waals surface area contributed by atoms with E-state index in [-0.39, 0.29) is 12.5 Å². The number of aryl methyl sites for hydroxylation is 2. The van der Waals surface area contributed by atoms with Gasteiger partial charge in [0.15, 0.2) is 6.61 Å². The normalized spacial score (nSPS) is 13.8. The van der Waals surface area contributed by atoms with Gasteiger partial charge in [-0.05, 0) is 49.3 Å². The Morgan fingerprint density at radius 2 is 1.96 bits per heavy atom. The van der Waals surface area contributed by atoms with Gasteiger partial charge in [0.25, 0.3) is 5.91 Å². The van der Waals surface area contributed by atoms with Crippen LogP contribution in [0.2, 0.25) is 0 Å². The molecule has 6 heteroatoms. The van der Waals surface area contributed by atoms with Crippen LogP contribution < -0.4 is 10.6 Å². The molecule has 6 nitrogen and oxygen atoms in total. The maximum absolute atomic E-state index is 11.8. The lowest BCUT2D eigenvalue weighted by Crippen LogP contribution is -2.44. The van der Waals surface area contributed by atoms with E-state index in [1.807, 2.05) is 26.0 Å². The van der Waals surface area contributed by atoms with Crippen LogP contribution in [0, 0.1) is 0 Å². The van der Waals surface area contributed by atoms with Crippen molar-refractivity contribution in [2.24, 2.45) is 0 Å². The molecule has 0 bridgehead atoms. The first-order valence-electron chi connectivity index (χ1n) is 8.34. The number of hydrogen-bond donors (Lipinski definition) is 2.